The van der Waals surface area contributed by atoms with Crippen LogP contribution in [0.3, 0.4) is 0 Å². The molecule has 0 aliphatic rings. The van der Waals surface area contributed by atoms with Crippen molar-refractivity contribution < 1.29 is 24.1 Å². The number of aliphatic hydroxyl groups is 1. The molecule has 1 unspecified atom stereocenters. The molecule has 0 saturated carbocycles. The van der Waals surface area contributed by atoms with E-state index in [4.69, 9.17) is 14.2 Å². The third kappa shape index (κ3) is 5.11. The van der Waals surface area contributed by atoms with Gasteiger partial charge < -0.3 is 24.6 Å². The van der Waals surface area contributed by atoms with Gasteiger partial charge in [0.25, 0.3) is 5.91 Å². The average molecular weight is 311 g/mol. The lowest BCUT2D eigenvalue weighted by Gasteiger charge is -2.17. The van der Waals surface area contributed by atoms with Crippen molar-refractivity contribution in [1.29, 1.82) is 0 Å². The minimum Gasteiger partial charge on any atom is -0.490 e. The van der Waals surface area contributed by atoms with E-state index < -0.39 is 6.10 Å². The molecule has 6 heteroatoms. The van der Waals surface area contributed by atoms with Gasteiger partial charge in [-0.1, -0.05) is 0 Å². The normalized spacial score (nSPS) is 11.7. The first kappa shape index (κ1) is 18.1. The van der Waals surface area contributed by atoms with E-state index in [1.807, 2.05) is 20.8 Å². The zero-order valence-corrected chi connectivity index (χ0v) is 13.6. The van der Waals surface area contributed by atoms with E-state index in [9.17, 15) is 9.90 Å². The Morgan fingerprint density at radius 1 is 1.09 bits per heavy atom. The molecule has 124 valence electrons. The van der Waals surface area contributed by atoms with E-state index in [1.54, 1.807) is 19.1 Å². The van der Waals surface area contributed by atoms with Gasteiger partial charge in [0.05, 0.1) is 25.9 Å². The number of rotatable bonds is 9. The van der Waals surface area contributed by atoms with Crippen molar-refractivity contribution in [2.75, 3.05) is 26.4 Å². The Labute approximate surface area is 131 Å². The lowest BCUT2D eigenvalue weighted by molar-refractivity contribution is 0.0923. The van der Waals surface area contributed by atoms with E-state index in [2.05, 4.69) is 5.32 Å². The highest BCUT2D eigenvalue weighted by Crippen LogP contribution is 2.39. The molecule has 6 nitrogen and oxygen atoms in total. The van der Waals surface area contributed by atoms with Crippen molar-refractivity contribution >= 4 is 5.91 Å². The SMILES string of the molecule is CCOc1cc(C(=O)NCC(C)O)cc(OCC)c1OCC. The Hall–Kier alpha value is -1.95. The second-order valence-electron chi connectivity index (χ2n) is 4.66. The summed E-state index contributed by atoms with van der Waals surface area (Å²) < 4.78 is 16.7. The van der Waals surface area contributed by atoms with Gasteiger partial charge in [0.1, 0.15) is 0 Å². The van der Waals surface area contributed by atoms with Gasteiger partial charge >= 0.3 is 0 Å². The summed E-state index contributed by atoms with van der Waals surface area (Å²) in [6.45, 7) is 8.74. The number of hydrogen-bond donors (Lipinski definition) is 2. The molecule has 0 fully saturated rings. The molecule has 0 radical (unpaired) electrons. The highest BCUT2D eigenvalue weighted by molar-refractivity contribution is 5.95. The third-order valence-corrected chi connectivity index (χ3v) is 2.73. The molecule has 2 N–H and O–H groups in total. The van der Waals surface area contributed by atoms with Gasteiger partial charge in [0.2, 0.25) is 5.75 Å². The first-order chi connectivity index (χ1) is 10.5. The van der Waals surface area contributed by atoms with Crippen molar-refractivity contribution in [3.05, 3.63) is 17.7 Å². The van der Waals surface area contributed by atoms with Crippen LogP contribution in [0.25, 0.3) is 0 Å². The van der Waals surface area contributed by atoms with Crippen LogP contribution >= 0.6 is 0 Å². The molecular weight excluding hydrogens is 286 g/mol. The number of carbonyl (C=O) groups excluding carboxylic acids is 1. The smallest absolute Gasteiger partial charge is 0.251 e. The summed E-state index contributed by atoms with van der Waals surface area (Å²) in [6.07, 6.45) is -0.607. The molecular formula is C16H25NO5. The summed E-state index contributed by atoms with van der Waals surface area (Å²) in [5.41, 5.74) is 0.399. The monoisotopic (exact) mass is 311 g/mol. The fraction of sp³-hybridized carbons (Fsp3) is 0.562. The van der Waals surface area contributed by atoms with E-state index in [-0.39, 0.29) is 12.5 Å². The summed E-state index contributed by atoms with van der Waals surface area (Å²) in [5.74, 6) is 1.14. The predicted octanol–water partition coefficient (Wildman–Crippen LogP) is 1.99. The quantitative estimate of drug-likeness (QED) is 0.729. The van der Waals surface area contributed by atoms with Gasteiger partial charge in [0.15, 0.2) is 11.5 Å². The molecule has 0 aliphatic carbocycles. The fourth-order valence-corrected chi connectivity index (χ4v) is 1.86. The number of ether oxygens (including phenoxy) is 3. The van der Waals surface area contributed by atoms with Gasteiger partial charge in [-0.25, -0.2) is 0 Å². The molecule has 0 spiro atoms. The topological polar surface area (TPSA) is 77.0 Å². The largest absolute Gasteiger partial charge is 0.490 e. The van der Waals surface area contributed by atoms with Crippen molar-refractivity contribution in [3.63, 3.8) is 0 Å². The highest BCUT2D eigenvalue weighted by Gasteiger charge is 2.18. The van der Waals surface area contributed by atoms with Crippen LogP contribution in [0.1, 0.15) is 38.1 Å². The molecule has 1 amide bonds. The van der Waals surface area contributed by atoms with Crippen LogP contribution in [-0.4, -0.2) is 43.5 Å². The maximum atomic E-state index is 12.2. The van der Waals surface area contributed by atoms with Crippen LogP contribution < -0.4 is 19.5 Å². The Balaban J connectivity index is 3.14. The zero-order valence-electron chi connectivity index (χ0n) is 13.6. The van der Waals surface area contributed by atoms with Crippen LogP contribution in [0.15, 0.2) is 12.1 Å². The molecule has 0 aromatic heterocycles. The second kappa shape index (κ2) is 9.15. The highest BCUT2D eigenvalue weighted by atomic mass is 16.5. The number of hydrogen-bond acceptors (Lipinski definition) is 5. The molecule has 1 aromatic carbocycles. The van der Waals surface area contributed by atoms with Gasteiger partial charge in [0, 0.05) is 12.1 Å². The van der Waals surface area contributed by atoms with Gasteiger partial charge in [-0.05, 0) is 39.8 Å². The van der Waals surface area contributed by atoms with Gasteiger partial charge in [-0.3, -0.25) is 4.79 Å². The molecule has 0 bridgehead atoms. The molecule has 0 heterocycles. The van der Waals surface area contributed by atoms with Crippen LogP contribution in [-0.2, 0) is 0 Å². The summed E-state index contributed by atoms with van der Waals surface area (Å²) >= 11 is 0. The minimum atomic E-state index is -0.607. The molecule has 1 rings (SSSR count). The molecule has 1 atom stereocenters. The maximum absolute atomic E-state index is 12.2. The Morgan fingerprint density at radius 2 is 1.59 bits per heavy atom. The lowest BCUT2D eigenvalue weighted by Crippen LogP contribution is -2.30. The third-order valence-electron chi connectivity index (χ3n) is 2.73. The number of amides is 1. The zero-order chi connectivity index (χ0) is 16.5. The first-order valence-corrected chi connectivity index (χ1v) is 7.56. The van der Waals surface area contributed by atoms with Crippen molar-refractivity contribution in [2.24, 2.45) is 0 Å². The Bertz CT molecular complexity index is 460. The molecule has 22 heavy (non-hydrogen) atoms. The van der Waals surface area contributed by atoms with Crippen molar-refractivity contribution in [3.8, 4) is 17.2 Å². The summed E-state index contributed by atoms with van der Waals surface area (Å²) in [6, 6.07) is 3.24. The summed E-state index contributed by atoms with van der Waals surface area (Å²) in [4.78, 5) is 12.2. The second-order valence-corrected chi connectivity index (χ2v) is 4.66. The molecule has 0 saturated heterocycles. The molecule has 0 aliphatic heterocycles. The number of aliphatic hydroxyl groups excluding tert-OH is 1. The average Bonchev–Trinajstić information content (AvgIpc) is 2.48. The van der Waals surface area contributed by atoms with Crippen LogP contribution in [0.4, 0.5) is 0 Å². The standard InChI is InChI=1S/C16H25NO5/c1-5-20-13-8-12(16(19)17-10-11(4)18)9-14(21-6-2)15(13)22-7-3/h8-9,11,18H,5-7,10H2,1-4H3,(H,17,19). The summed E-state index contributed by atoms with van der Waals surface area (Å²) in [5, 5.41) is 11.9. The van der Waals surface area contributed by atoms with Crippen molar-refractivity contribution in [1.82, 2.24) is 5.32 Å². The maximum Gasteiger partial charge on any atom is 0.251 e. The van der Waals surface area contributed by atoms with Crippen molar-refractivity contribution in [2.45, 2.75) is 33.8 Å². The fourth-order valence-electron chi connectivity index (χ4n) is 1.86. The molecule has 1 aromatic rings. The van der Waals surface area contributed by atoms with Crippen LogP contribution in [0.5, 0.6) is 17.2 Å². The Morgan fingerprint density at radius 3 is 2.00 bits per heavy atom. The van der Waals surface area contributed by atoms with Gasteiger partial charge in [-0.2, -0.15) is 0 Å². The van der Waals surface area contributed by atoms with Crippen LogP contribution in [0, 0.1) is 0 Å². The first-order valence-electron chi connectivity index (χ1n) is 7.56. The summed E-state index contributed by atoms with van der Waals surface area (Å²) in [7, 11) is 0. The Kier molecular flexibility index (Phi) is 7.52. The predicted molar refractivity (Wildman–Crippen MR) is 84.0 cm³/mol. The van der Waals surface area contributed by atoms with E-state index in [0.29, 0.717) is 42.6 Å². The number of benzene rings is 1. The van der Waals surface area contributed by atoms with E-state index in [1.165, 1.54) is 0 Å². The number of carbonyl (C=O) groups is 1. The number of nitrogens with one attached hydrogen (secondary N) is 1. The minimum absolute atomic E-state index is 0.181. The van der Waals surface area contributed by atoms with E-state index >= 15 is 0 Å². The van der Waals surface area contributed by atoms with Gasteiger partial charge in [-0.15, -0.1) is 0 Å². The van der Waals surface area contributed by atoms with Crippen LogP contribution in [0.2, 0.25) is 0 Å². The lowest BCUT2D eigenvalue weighted by atomic mass is 10.1. The van der Waals surface area contributed by atoms with E-state index in [0.717, 1.165) is 0 Å².